The third-order valence-electron chi connectivity index (χ3n) is 4.92. The highest BCUT2D eigenvalue weighted by atomic mass is 28.3. The van der Waals surface area contributed by atoms with Crippen LogP contribution in [-0.2, 0) is 25.2 Å². The number of esters is 2. The van der Waals surface area contributed by atoms with Gasteiger partial charge in [0.1, 0.15) is 0 Å². The maximum atomic E-state index is 13.9. The molecule has 9 heteroatoms. The van der Waals surface area contributed by atoms with E-state index < -0.39 is 37.7 Å². The Kier molecular flexibility index (Phi) is 7.98. The van der Waals surface area contributed by atoms with Crippen LogP contribution in [0.1, 0.15) is 37.8 Å². The van der Waals surface area contributed by atoms with E-state index in [0.29, 0.717) is 17.4 Å². The second kappa shape index (κ2) is 9.93. The summed E-state index contributed by atoms with van der Waals surface area (Å²) in [5.41, 5.74) is -0.219. The minimum absolute atomic E-state index is 0.0223. The van der Waals surface area contributed by atoms with Crippen LogP contribution in [0.25, 0.3) is 0 Å². The lowest BCUT2D eigenvalue weighted by molar-refractivity contribution is -0.142. The molecule has 1 aliphatic heterocycles. The van der Waals surface area contributed by atoms with Crippen LogP contribution in [0.4, 0.5) is 13.2 Å². The largest absolute Gasteiger partial charge is 0.463 e. The van der Waals surface area contributed by atoms with Crippen molar-refractivity contribution >= 4 is 20.0 Å². The van der Waals surface area contributed by atoms with Gasteiger partial charge in [0.05, 0.1) is 43.9 Å². The smallest absolute Gasteiger partial charge is 0.416 e. The van der Waals surface area contributed by atoms with Gasteiger partial charge >= 0.3 is 18.1 Å². The Morgan fingerprint density at radius 3 is 2.03 bits per heavy atom. The van der Waals surface area contributed by atoms with E-state index in [1.54, 1.807) is 20.8 Å². The molecule has 176 valence electrons. The number of carbonyl (C=O) groups is 2. The molecule has 0 fully saturated rings. The third-order valence-corrected chi connectivity index (χ3v) is 6.33. The van der Waals surface area contributed by atoms with Crippen molar-refractivity contribution in [2.24, 2.45) is 0 Å². The maximum Gasteiger partial charge on any atom is 0.416 e. The van der Waals surface area contributed by atoms with Gasteiger partial charge in [-0.25, -0.2) is 9.59 Å². The highest BCUT2D eigenvalue weighted by Gasteiger charge is 2.44. The fraction of sp³-hybridized carbons (Fsp3) is 0.478. The van der Waals surface area contributed by atoms with E-state index in [4.69, 9.17) is 9.47 Å². The molecule has 0 saturated carbocycles. The van der Waals surface area contributed by atoms with Crippen LogP contribution in [0.5, 0.6) is 0 Å². The zero-order valence-corrected chi connectivity index (χ0v) is 20.3. The molecule has 0 aliphatic carbocycles. The molecular weight excluding hydrogens is 439 g/mol. The molecule has 2 rings (SSSR count). The Morgan fingerprint density at radius 1 is 1.00 bits per heavy atom. The number of halogens is 3. The van der Waals surface area contributed by atoms with Gasteiger partial charge < -0.3 is 14.8 Å². The highest BCUT2D eigenvalue weighted by molar-refractivity contribution is 6.76. The summed E-state index contributed by atoms with van der Waals surface area (Å²) >= 11 is 0. The molecule has 0 spiro atoms. The van der Waals surface area contributed by atoms with E-state index in [-0.39, 0.29) is 29.9 Å². The predicted octanol–water partition coefficient (Wildman–Crippen LogP) is 5.38. The minimum Gasteiger partial charge on any atom is -0.463 e. The molecule has 1 aromatic carbocycles. The number of dihydropyridines is 1. The van der Waals surface area contributed by atoms with Gasteiger partial charge in [-0.05, 0) is 38.4 Å². The number of allylic oxidation sites excluding steroid dienone is 2. The standard InChI is InChI=1S/C23H30F3NO4Si/c1-7-30-21(28)18-14(3)27-17(13-32(4,5)6)20(22(29)31-8-2)19(18)15-11-9-10-12-16(15)23(24,25)26/h9-12,19,27H,7-8,13H2,1-6H3. The molecular formula is C23H30F3NO4Si. The molecule has 0 saturated heterocycles. The molecule has 5 nitrogen and oxygen atoms in total. The van der Waals surface area contributed by atoms with Crippen molar-refractivity contribution in [3.8, 4) is 0 Å². The third kappa shape index (κ3) is 5.82. The number of hydrogen-bond acceptors (Lipinski definition) is 5. The van der Waals surface area contributed by atoms with Gasteiger partial charge in [-0.3, -0.25) is 0 Å². The summed E-state index contributed by atoms with van der Waals surface area (Å²) < 4.78 is 52.3. The van der Waals surface area contributed by atoms with Crippen LogP contribution >= 0.6 is 0 Å². The number of benzene rings is 1. The quantitative estimate of drug-likeness (QED) is 0.429. The van der Waals surface area contributed by atoms with Gasteiger partial charge in [-0.15, -0.1) is 0 Å². The molecule has 1 aliphatic rings. The second-order valence-electron chi connectivity index (χ2n) is 8.75. The Labute approximate surface area is 187 Å². The Hall–Kier alpha value is -2.55. The number of rotatable bonds is 7. The normalized spacial score (nSPS) is 17.2. The van der Waals surface area contributed by atoms with Gasteiger partial charge in [0, 0.05) is 11.4 Å². The zero-order chi connectivity index (χ0) is 24.3. The SMILES string of the molecule is CCOC(=O)C1=C(C)NC(C[Si](C)(C)C)=C(C(=O)OCC)C1c1ccccc1C(F)(F)F. The van der Waals surface area contributed by atoms with E-state index in [1.807, 2.05) is 0 Å². The van der Waals surface area contributed by atoms with Crippen LogP contribution in [0.3, 0.4) is 0 Å². The zero-order valence-electron chi connectivity index (χ0n) is 19.3. The molecule has 32 heavy (non-hydrogen) atoms. The lowest BCUT2D eigenvalue weighted by Crippen LogP contribution is -2.36. The average molecular weight is 470 g/mol. The van der Waals surface area contributed by atoms with Crippen LogP contribution < -0.4 is 5.32 Å². The van der Waals surface area contributed by atoms with Crippen LogP contribution in [0, 0.1) is 0 Å². The number of ether oxygens (including phenoxy) is 2. The lowest BCUT2D eigenvalue weighted by atomic mass is 9.78. The molecule has 0 aromatic heterocycles. The van der Waals surface area contributed by atoms with Crippen molar-refractivity contribution in [3.05, 3.63) is 57.9 Å². The molecule has 1 heterocycles. The van der Waals surface area contributed by atoms with Crippen molar-refractivity contribution in [2.75, 3.05) is 13.2 Å². The summed E-state index contributed by atoms with van der Waals surface area (Å²) in [5.74, 6) is -2.78. The fourth-order valence-corrected chi connectivity index (χ4v) is 5.15. The van der Waals surface area contributed by atoms with E-state index in [9.17, 15) is 22.8 Å². The summed E-state index contributed by atoms with van der Waals surface area (Å²) in [4.78, 5) is 26.0. The first kappa shape index (κ1) is 25.7. The number of hydrogen-bond donors (Lipinski definition) is 1. The maximum absolute atomic E-state index is 13.9. The Balaban J connectivity index is 2.89. The summed E-state index contributed by atoms with van der Waals surface area (Å²) in [7, 11) is -1.82. The van der Waals surface area contributed by atoms with Crippen LogP contribution in [-0.4, -0.2) is 33.2 Å². The molecule has 1 atom stereocenters. The molecule has 0 bridgehead atoms. The Bertz CT molecular complexity index is 945. The summed E-state index contributed by atoms with van der Waals surface area (Å²) in [6, 6.07) is 5.50. The second-order valence-corrected chi connectivity index (χ2v) is 14.2. The van der Waals surface area contributed by atoms with Crippen molar-refractivity contribution < 1.29 is 32.2 Å². The highest BCUT2D eigenvalue weighted by Crippen LogP contribution is 2.45. The van der Waals surface area contributed by atoms with E-state index in [1.165, 1.54) is 18.2 Å². The first-order valence-electron chi connectivity index (χ1n) is 10.5. The molecule has 1 N–H and O–H groups in total. The van der Waals surface area contributed by atoms with Gasteiger partial charge in [0.2, 0.25) is 0 Å². The van der Waals surface area contributed by atoms with Gasteiger partial charge in [0.15, 0.2) is 0 Å². The van der Waals surface area contributed by atoms with Gasteiger partial charge in [-0.1, -0.05) is 37.8 Å². The topological polar surface area (TPSA) is 64.6 Å². The average Bonchev–Trinajstić information content (AvgIpc) is 2.65. The minimum atomic E-state index is -4.67. The first-order chi connectivity index (χ1) is 14.8. The number of alkyl halides is 3. The monoisotopic (exact) mass is 469 g/mol. The summed E-state index contributed by atoms with van der Waals surface area (Å²) in [5, 5.41) is 3.12. The first-order valence-corrected chi connectivity index (χ1v) is 14.2. The molecule has 1 unspecified atom stereocenters. The summed E-state index contributed by atoms with van der Waals surface area (Å²) in [6.07, 6.45) is -4.67. The molecule has 0 radical (unpaired) electrons. The van der Waals surface area contributed by atoms with Crippen LogP contribution in [0.2, 0.25) is 25.7 Å². The van der Waals surface area contributed by atoms with Crippen molar-refractivity contribution in [2.45, 2.75) is 58.6 Å². The number of nitrogens with one attached hydrogen (secondary N) is 1. The van der Waals surface area contributed by atoms with Gasteiger partial charge in [-0.2, -0.15) is 13.2 Å². The number of carbonyl (C=O) groups excluding carboxylic acids is 2. The predicted molar refractivity (Wildman–Crippen MR) is 118 cm³/mol. The van der Waals surface area contributed by atoms with E-state index in [2.05, 4.69) is 25.0 Å². The van der Waals surface area contributed by atoms with Crippen LogP contribution in [0.15, 0.2) is 46.8 Å². The van der Waals surface area contributed by atoms with Crippen molar-refractivity contribution in [3.63, 3.8) is 0 Å². The summed E-state index contributed by atoms with van der Waals surface area (Å²) in [6.45, 7) is 11.2. The molecule has 0 amide bonds. The lowest BCUT2D eigenvalue weighted by Gasteiger charge is -2.34. The van der Waals surface area contributed by atoms with E-state index >= 15 is 0 Å². The van der Waals surface area contributed by atoms with E-state index in [0.717, 1.165) is 6.07 Å². The fourth-order valence-electron chi connectivity index (χ4n) is 3.81. The van der Waals surface area contributed by atoms with Gasteiger partial charge in [0.25, 0.3) is 0 Å². The van der Waals surface area contributed by atoms with Crippen molar-refractivity contribution in [1.29, 1.82) is 0 Å². The van der Waals surface area contributed by atoms with Crippen molar-refractivity contribution in [1.82, 2.24) is 5.32 Å². The Morgan fingerprint density at radius 2 is 1.53 bits per heavy atom. The molecule has 1 aromatic rings.